The Labute approximate surface area is 101 Å². The minimum atomic E-state index is 0.310. The van der Waals surface area contributed by atoms with Gasteiger partial charge >= 0.3 is 0 Å². The molecule has 0 aromatic carbocycles. The summed E-state index contributed by atoms with van der Waals surface area (Å²) in [6.07, 6.45) is 7.17. The second-order valence-corrected chi connectivity index (χ2v) is 6.41. The highest BCUT2D eigenvalue weighted by Gasteiger charge is 2.32. The summed E-state index contributed by atoms with van der Waals surface area (Å²) >= 11 is 0. The van der Waals surface area contributed by atoms with Crippen molar-refractivity contribution < 1.29 is 0 Å². The third kappa shape index (κ3) is 2.98. The van der Waals surface area contributed by atoms with E-state index in [4.69, 9.17) is 0 Å². The molecule has 1 N–H and O–H groups in total. The summed E-state index contributed by atoms with van der Waals surface area (Å²) in [4.78, 5) is 2.76. The van der Waals surface area contributed by atoms with Crippen LogP contribution in [0.5, 0.6) is 0 Å². The van der Waals surface area contributed by atoms with E-state index in [1.807, 2.05) is 0 Å². The normalized spacial score (nSPS) is 32.1. The Morgan fingerprint density at radius 1 is 1.25 bits per heavy atom. The molecule has 1 atom stereocenters. The summed E-state index contributed by atoms with van der Waals surface area (Å²) in [5.41, 5.74) is 0.310. The lowest BCUT2D eigenvalue weighted by molar-refractivity contribution is 0.0776. The lowest BCUT2D eigenvalue weighted by Crippen LogP contribution is -2.61. The molecule has 1 aliphatic carbocycles. The van der Waals surface area contributed by atoms with Crippen LogP contribution in [-0.2, 0) is 0 Å². The molecule has 2 fully saturated rings. The number of piperazine rings is 1. The van der Waals surface area contributed by atoms with Crippen molar-refractivity contribution in [2.45, 2.75) is 64.5 Å². The Morgan fingerprint density at radius 2 is 1.94 bits per heavy atom. The van der Waals surface area contributed by atoms with Crippen molar-refractivity contribution in [2.24, 2.45) is 5.92 Å². The van der Waals surface area contributed by atoms with E-state index in [-0.39, 0.29) is 0 Å². The average molecular weight is 224 g/mol. The minimum absolute atomic E-state index is 0.310. The molecule has 2 nitrogen and oxygen atoms in total. The monoisotopic (exact) mass is 224 g/mol. The van der Waals surface area contributed by atoms with Crippen LogP contribution in [-0.4, -0.2) is 36.1 Å². The van der Waals surface area contributed by atoms with Crippen LogP contribution in [0.3, 0.4) is 0 Å². The maximum Gasteiger partial charge on any atom is 0.0252 e. The summed E-state index contributed by atoms with van der Waals surface area (Å²) in [6, 6.07) is 0.772. The van der Waals surface area contributed by atoms with Gasteiger partial charge in [0.25, 0.3) is 0 Å². The van der Waals surface area contributed by atoms with Gasteiger partial charge in [0.1, 0.15) is 0 Å². The molecule has 2 aliphatic rings. The summed E-state index contributed by atoms with van der Waals surface area (Å²) < 4.78 is 0. The van der Waals surface area contributed by atoms with Crippen LogP contribution in [0.2, 0.25) is 0 Å². The number of hydrogen-bond donors (Lipinski definition) is 1. The number of rotatable bonds is 3. The number of hydrogen-bond acceptors (Lipinski definition) is 2. The first-order valence-electron chi connectivity index (χ1n) is 7.10. The molecule has 1 saturated heterocycles. The fourth-order valence-electron chi connectivity index (χ4n) is 3.36. The molecular formula is C14H28N2. The molecule has 0 bridgehead atoms. The Bertz CT molecular complexity index is 219. The molecule has 0 aromatic heterocycles. The Kier molecular flexibility index (Phi) is 3.91. The van der Waals surface area contributed by atoms with Crippen LogP contribution in [0.25, 0.3) is 0 Å². The third-order valence-corrected chi connectivity index (χ3v) is 4.37. The third-order valence-electron chi connectivity index (χ3n) is 4.37. The highest BCUT2D eigenvalue weighted by Crippen LogP contribution is 2.28. The SMILES string of the molecule is CCC1CNC(C)(C)CN1CC1CCCC1. The molecular weight excluding hydrogens is 196 g/mol. The van der Waals surface area contributed by atoms with E-state index in [0.717, 1.165) is 12.0 Å². The van der Waals surface area contributed by atoms with Gasteiger partial charge in [-0.1, -0.05) is 19.8 Å². The molecule has 0 amide bonds. The van der Waals surface area contributed by atoms with E-state index in [1.54, 1.807) is 0 Å². The van der Waals surface area contributed by atoms with E-state index >= 15 is 0 Å². The highest BCUT2D eigenvalue weighted by atomic mass is 15.2. The van der Waals surface area contributed by atoms with Gasteiger partial charge in [-0.05, 0) is 39.0 Å². The molecule has 1 heterocycles. The van der Waals surface area contributed by atoms with Gasteiger partial charge in [0.2, 0.25) is 0 Å². The molecule has 1 saturated carbocycles. The van der Waals surface area contributed by atoms with Gasteiger partial charge in [0, 0.05) is 31.2 Å². The highest BCUT2D eigenvalue weighted by molar-refractivity contribution is 4.92. The van der Waals surface area contributed by atoms with Gasteiger partial charge in [-0.3, -0.25) is 4.90 Å². The maximum atomic E-state index is 3.67. The van der Waals surface area contributed by atoms with Crippen LogP contribution in [0.1, 0.15) is 52.9 Å². The molecule has 94 valence electrons. The zero-order valence-corrected chi connectivity index (χ0v) is 11.3. The molecule has 2 heteroatoms. The van der Waals surface area contributed by atoms with Crippen molar-refractivity contribution in [1.82, 2.24) is 10.2 Å². The summed E-state index contributed by atoms with van der Waals surface area (Å²) in [5, 5.41) is 3.67. The Balaban J connectivity index is 1.91. The van der Waals surface area contributed by atoms with Crippen LogP contribution in [0, 0.1) is 5.92 Å². The standard InChI is InChI=1S/C14H28N2/c1-4-13-9-15-14(2,3)11-16(13)10-12-7-5-6-8-12/h12-13,15H,4-11H2,1-3H3. The van der Waals surface area contributed by atoms with Gasteiger partial charge in [-0.2, -0.15) is 0 Å². The van der Waals surface area contributed by atoms with Crippen molar-refractivity contribution in [2.75, 3.05) is 19.6 Å². The zero-order valence-electron chi connectivity index (χ0n) is 11.3. The van der Waals surface area contributed by atoms with E-state index in [2.05, 4.69) is 31.0 Å². The molecule has 0 aromatic rings. The van der Waals surface area contributed by atoms with E-state index < -0.39 is 0 Å². The van der Waals surface area contributed by atoms with E-state index in [1.165, 1.54) is 51.7 Å². The van der Waals surface area contributed by atoms with Gasteiger partial charge in [-0.25, -0.2) is 0 Å². The second kappa shape index (κ2) is 5.05. The van der Waals surface area contributed by atoms with E-state index in [0.29, 0.717) is 5.54 Å². The van der Waals surface area contributed by atoms with Crippen molar-refractivity contribution in [1.29, 1.82) is 0 Å². The van der Waals surface area contributed by atoms with Gasteiger partial charge in [-0.15, -0.1) is 0 Å². The summed E-state index contributed by atoms with van der Waals surface area (Å²) in [5.74, 6) is 0.989. The predicted molar refractivity (Wildman–Crippen MR) is 69.7 cm³/mol. The average Bonchev–Trinajstić information content (AvgIpc) is 2.70. The first kappa shape index (κ1) is 12.4. The van der Waals surface area contributed by atoms with Crippen LogP contribution >= 0.6 is 0 Å². The van der Waals surface area contributed by atoms with Crippen molar-refractivity contribution in [3.63, 3.8) is 0 Å². The molecule has 0 spiro atoms. The Morgan fingerprint density at radius 3 is 2.56 bits per heavy atom. The largest absolute Gasteiger partial charge is 0.309 e. The maximum absolute atomic E-state index is 3.67. The van der Waals surface area contributed by atoms with Crippen LogP contribution in [0.4, 0.5) is 0 Å². The molecule has 0 radical (unpaired) electrons. The predicted octanol–water partition coefficient (Wildman–Crippen LogP) is 2.64. The zero-order chi connectivity index (χ0) is 11.6. The van der Waals surface area contributed by atoms with Crippen molar-refractivity contribution in [3.05, 3.63) is 0 Å². The van der Waals surface area contributed by atoms with Gasteiger partial charge < -0.3 is 5.32 Å². The lowest BCUT2D eigenvalue weighted by Gasteiger charge is -2.45. The first-order chi connectivity index (χ1) is 7.61. The first-order valence-corrected chi connectivity index (χ1v) is 7.10. The fourth-order valence-corrected chi connectivity index (χ4v) is 3.36. The number of nitrogens with zero attached hydrogens (tertiary/aromatic N) is 1. The summed E-state index contributed by atoms with van der Waals surface area (Å²) in [6.45, 7) is 10.7. The molecule has 16 heavy (non-hydrogen) atoms. The number of nitrogens with one attached hydrogen (secondary N) is 1. The quantitative estimate of drug-likeness (QED) is 0.793. The smallest absolute Gasteiger partial charge is 0.0252 e. The summed E-state index contributed by atoms with van der Waals surface area (Å²) in [7, 11) is 0. The van der Waals surface area contributed by atoms with Crippen molar-refractivity contribution in [3.8, 4) is 0 Å². The van der Waals surface area contributed by atoms with Crippen LogP contribution in [0.15, 0.2) is 0 Å². The Hall–Kier alpha value is -0.0800. The molecule has 1 unspecified atom stereocenters. The van der Waals surface area contributed by atoms with Crippen molar-refractivity contribution >= 4 is 0 Å². The lowest BCUT2D eigenvalue weighted by atomic mass is 9.95. The van der Waals surface area contributed by atoms with Crippen LogP contribution < -0.4 is 5.32 Å². The van der Waals surface area contributed by atoms with E-state index in [9.17, 15) is 0 Å². The second-order valence-electron chi connectivity index (χ2n) is 6.41. The fraction of sp³-hybridized carbons (Fsp3) is 1.00. The topological polar surface area (TPSA) is 15.3 Å². The molecule has 1 aliphatic heterocycles. The van der Waals surface area contributed by atoms with Gasteiger partial charge in [0.05, 0.1) is 0 Å². The molecule has 2 rings (SSSR count). The van der Waals surface area contributed by atoms with Gasteiger partial charge in [0.15, 0.2) is 0 Å². The minimum Gasteiger partial charge on any atom is -0.309 e.